The van der Waals surface area contributed by atoms with Crippen LogP contribution < -0.4 is 10.2 Å². The minimum absolute atomic E-state index is 0.118. The van der Waals surface area contributed by atoms with E-state index in [4.69, 9.17) is 0 Å². The van der Waals surface area contributed by atoms with Crippen molar-refractivity contribution in [2.24, 2.45) is 0 Å². The molecule has 21 heavy (non-hydrogen) atoms. The Kier molecular flexibility index (Phi) is 5.37. The average molecular weight is 306 g/mol. The number of benzene rings is 1. The van der Waals surface area contributed by atoms with Crippen molar-refractivity contribution >= 4 is 17.0 Å². The van der Waals surface area contributed by atoms with Gasteiger partial charge in [0.25, 0.3) is 0 Å². The van der Waals surface area contributed by atoms with E-state index in [-0.39, 0.29) is 17.9 Å². The highest BCUT2D eigenvalue weighted by Gasteiger charge is 2.20. The van der Waals surface area contributed by atoms with Crippen LogP contribution in [0, 0.1) is 5.82 Å². The van der Waals surface area contributed by atoms with Gasteiger partial charge in [0.2, 0.25) is 0 Å². The maximum absolute atomic E-state index is 14.4. The van der Waals surface area contributed by atoms with Crippen molar-refractivity contribution in [1.82, 2.24) is 5.32 Å². The zero-order valence-corrected chi connectivity index (χ0v) is 13.9. The highest BCUT2D eigenvalue weighted by molar-refractivity contribution is 7.09. The van der Waals surface area contributed by atoms with E-state index in [2.05, 4.69) is 41.6 Å². The molecule has 1 heterocycles. The Balaban J connectivity index is 2.27. The molecule has 2 rings (SSSR count). The van der Waals surface area contributed by atoms with Crippen LogP contribution in [0.2, 0.25) is 0 Å². The van der Waals surface area contributed by atoms with Crippen molar-refractivity contribution in [3.05, 3.63) is 52.0 Å². The van der Waals surface area contributed by atoms with E-state index in [0.29, 0.717) is 5.69 Å². The normalized spacial score (nSPS) is 14.0. The molecule has 4 heteroatoms. The zero-order valence-electron chi connectivity index (χ0n) is 13.1. The molecule has 0 amide bonds. The van der Waals surface area contributed by atoms with Crippen LogP contribution in [0.3, 0.4) is 0 Å². The second-order valence-corrected chi connectivity index (χ2v) is 6.46. The van der Waals surface area contributed by atoms with Gasteiger partial charge in [-0.1, -0.05) is 18.2 Å². The van der Waals surface area contributed by atoms with Gasteiger partial charge in [-0.3, -0.25) is 0 Å². The minimum Gasteiger partial charge on any atom is -0.369 e. The van der Waals surface area contributed by atoms with Crippen LogP contribution in [0.25, 0.3) is 0 Å². The summed E-state index contributed by atoms with van der Waals surface area (Å²) in [4.78, 5) is 3.38. The van der Waals surface area contributed by atoms with Crippen molar-refractivity contribution in [3.8, 4) is 0 Å². The summed E-state index contributed by atoms with van der Waals surface area (Å²) in [5, 5.41) is 5.28. The smallest absolute Gasteiger partial charge is 0.146 e. The molecule has 0 saturated heterocycles. The van der Waals surface area contributed by atoms with Crippen LogP contribution in [0.4, 0.5) is 10.1 Å². The van der Waals surface area contributed by atoms with Crippen LogP contribution in [0.5, 0.6) is 0 Å². The Morgan fingerprint density at radius 1 is 1.24 bits per heavy atom. The molecular formula is C17H23FN2S. The van der Waals surface area contributed by atoms with Gasteiger partial charge < -0.3 is 10.2 Å². The molecule has 0 spiro atoms. The molecule has 0 bridgehead atoms. The number of likely N-dealkylation sites (N-methyl/N-ethyl adjacent to an activating group) is 1. The summed E-state index contributed by atoms with van der Waals surface area (Å²) >= 11 is 1.75. The van der Waals surface area contributed by atoms with Crippen molar-refractivity contribution in [1.29, 1.82) is 0 Å². The van der Waals surface area contributed by atoms with Gasteiger partial charge in [0.1, 0.15) is 5.82 Å². The Hall–Kier alpha value is -1.39. The number of hydrogen-bond donors (Lipinski definition) is 1. The fraction of sp³-hybridized carbons (Fsp3) is 0.412. The lowest BCUT2D eigenvalue weighted by molar-refractivity contribution is 0.586. The fourth-order valence-electron chi connectivity index (χ4n) is 2.49. The first-order chi connectivity index (χ1) is 10.0. The van der Waals surface area contributed by atoms with E-state index in [1.54, 1.807) is 17.4 Å². The number of anilines is 1. The molecule has 0 aliphatic carbocycles. The standard InChI is InChI=1S/C17H23FN2S/c1-12(11-14-7-6-10-21-14)20(4)17-15(13(2)19-3)8-5-9-16(17)18/h5-10,12-13,19H,11H2,1-4H3. The van der Waals surface area contributed by atoms with E-state index in [1.807, 2.05) is 20.2 Å². The quantitative estimate of drug-likeness (QED) is 0.859. The number of para-hydroxylation sites is 1. The summed E-state index contributed by atoms with van der Waals surface area (Å²) in [5.74, 6) is -0.157. The molecule has 2 atom stereocenters. The van der Waals surface area contributed by atoms with Crippen LogP contribution in [0.1, 0.15) is 30.3 Å². The Labute approximate surface area is 130 Å². The van der Waals surface area contributed by atoms with E-state index < -0.39 is 0 Å². The maximum Gasteiger partial charge on any atom is 0.146 e. The van der Waals surface area contributed by atoms with E-state index in [9.17, 15) is 4.39 Å². The first kappa shape index (κ1) is 16.0. The van der Waals surface area contributed by atoms with Crippen molar-refractivity contribution in [2.75, 3.05) is 19.0 Å². The molecule has 0 aliphatic rings. The van der Waals surface area contributed by atoms with Crippen LogP contribution in [0.15, 0.2) is 35.7 Å². The number of nitrogens with zero attached hydrogens (tertiary/aromatic N) is 1. The number of hydrogen-bond acceptors (Lipinski definition) is 3. The monoisotopic (exact) mass is 306 g/mol. The maximum atomic E-state index is 14.4. The third-order valence-electron chi connectivity index (χ3n) is 4.01. The molecule has 0 saturated carbocycles. The molecule has 2 unspecified atom stereocenters. The lowest BCUT2D eigenvalue weighted by Crippen LogP contribution is -2.33. The molecule has 0 radical (unpaired) electrons. The van der Waals surface area contributed by atoms with E-state index in [0.717, 1.165) is 12.0 Å². The number of rotatable bonds is 6. The van der Waals surface area contributed by atoms with Crippen LogP contribution >= 0.6 is 11.3 Å². The van der Waals surface area contributed by atoms with Crippen molar-refractivity contribution in [2.45, 2.75) is 32.4 Å². The summed E-state index contributed by atoms with van der Waals surface area (Å²) < 4.78 is 14.4. The molecule has 0 fully saturated rings. The molecule has 1 aromatic carbocycles. The third kappa shape index (κ3) is 3.63. The van der Waals surface area contributed by atoms with Crippen molar-refractivity contribution < 1.29 is 4.39 Å². The summed E-state index contributed by atoms with van der Waals surface area (Å²) in [6.45, 7) is 4.19. The first-order valence-corrected chi connectivity index (χ1v) is 8.13. The Bertz CT molecular complexity index is 568. The van der Waals surface area contributed by atoms with Gasteiger partial charge in [-0.15, -0.1) is 11.3 Å². The number of thiophene rings is 1. The molecule has 0 aliphatic heterocycles. The van der Waals surface area contributed by atoms with Crippen LogP contribution in [-0.2, 0) is 6.42 Å². The van der Waals surface area contributed by atoms with E-state index >= 15 is 0 Å². The topological polar surface area (TPSA) is 15.3 Å². The van der Waals surface area contributed by atoms with Gasteiger partial charge in [0.05, 0.1) is 5.69 Å². The SMILES string of the molecule is CNC(C)c1cccc(F)c1N(C)C(C)Cc1cccs1. The largest absolute Gasteiger partial charge is 0.369 e. The van der Waals surface area contributed by atoms with Crippen molar-refractivity contribution in [3.63, 3.8) is 0 Å². The Morgan fingerprint density at radius 2 is 2.00 bits per heavy atom. The minimum atomic E-state index is -0.157. The summed E-state index contributed by atoms with van der Waals surface area (Å²) in [7, 11) is 3.87. The molecular weight excluding hydrogens is 283 g/mol. The van der Waals surface area contributed by atoms with Gasteiger partial charge in [-0.25, -0.2) is 4.39 Å². The predicted molar refractivity (Wildman–Crippen MR) is 89.8 cm³/mol. The zero-order chi connectivity index (χ0) is 15.4. The van der Waals surface area contributed by atoms with Gasteiger partial charge >= 0.3 is 0 Å². The average Bonchev–Trinajstić information content (AvgIpc) is 2.98. The van der Waals surface area contributed by atoms with Gasteiger partial charge in [0.15, 0.2) is 0 Å². The Morgan fingerprint density at radius 3 is 2.62 bits per heavy atom. The highest BCUT2D eigenvalue weighted by Crippen LogP contribution is 2.30. The predicted octanol–water partition coefficient (Wildman–Crippen LogP) is 4.24. The molecule has 1 aromatic heterocycles. The van der Waals surface area contributed by atoms with Gasteiger partial charge in [0, 0.05) is 30.4 Å². The molecule has 2 nitrogen and oxygen atoms in total. The second-order valence-electron chi connectivity index (χ2n) is 5.43. The van der Waals surface area contributed by atoms with Crippen LogP contribution in [-0.4, -0.2) is 20.1 Å². The highest BCUT2D eigenvalue weighted by atomic mass is 32.1. The second kappa shape index (κ2) is 7.05. The summed E-state index contributed by atoms with van der Waals surface area (Å²) in [6.07, 6.45) is 0.926. The first-order valence-electron chi connectivity index (χ1n) is 7.25. The van der Waals surface area contributed by atoms with E-state index in [1.165, 1.54) is 10.9 Å². The molecule has 114 valence electrons. The van der Waals surface area contributed by atoms with Gasteiger partial charge in [-0.05, 0) is 44.0 Å². The summed E-state index contributed by atoms with van der Waals surface area (Å²) in [6, 6.07) is 9.86. The lowest BCUT2D eigenvalue weighted by Gasteiger charge is -2.30. The van der Waals surface area contributed by atoms with Gasteiger partial charge in [-0.2, -0.15) is 0 Å². The number of nitrogens with one attached hydrogen (secondary N) is 1. The summed E-state index contributed by atoms with van der Waals surface area (Å²) in [5.41, 5.74) is 1.70. The third-order valence-corrected chi connectivity index (χ3v) is 4.91. The molecule has 2 aromatic rings. The number of halogens is 1. The fourth-order valence-corrected chi connectivity index (χ4v) is 3.31. The molecule has 1 N–H and O–H groups in total. The lowest BCUT2D eigenvalue weighted by atomic mass is 10.0.